The zero-order valence-electron chi connectivity index (χ0n) is 15.5. The van der Waals surface area contributed by atoms with Gasteiger partial charge in [0.15, 0.2) is 0 Å². The van der Waals surface area contributed by atoms with Crippen LogP contribution in [0.15, 0.2) is 72.8 Å². The number of hydrogen-bond acceptors (Lipinski definition) is 2. The number of aromatic nitrogens is 1. The maximum Gasteiger partial charge on any atom is 0.261 e. The summed E-state index contributed by atoms with van der Waals surface area (Å²) in [6.07, 6.45) is 0. The van der Waals surface area contributed by atoms with Crippen LogP contribution in [-0.4, -0.2) is 17.0 Å². The van der Waals surface area contributed by atoms with Gasteiger partial charge in [0.25, 0.3) is 5.91 Å². The second-order valence-corrected chi connectivity index (χ2v) is 7.90. The average Bonchev–Trinajstić information content (AvgIpc) is 3.30. The molecule has 136 valence electrons. The molecule has 3 nitrogen and oxygen atoms in total. The molecule has 4 aromatic rings. The number of carbonyl (C=O) groups excluding carboxylic acids is 1. The Hall–Kier alpha value is -2.85. The van der Waals surface area contributed by atoms with Crippen LogP contribution in [0.5, 0.6) is 0 Å². The number of amides is 1. The zero-order valence-corrected chi connectivity index (χ0v) is 16.3. The minimum atomic E-state index is -0.0110. The van der Waals surface area contributed by atoms with E-state index >= 15 is 0 Å². The molecule has 4 rings (SSSR count). The first-order valence-electron chi connectivity index (χ1n) is 9.14. The fourth-order valence-corrected chi connectivity index (χ4v) is 4.38. The van der Waals surface area contributed by atoms with E-state index in [4.69, 9.17) is 0 Å². The summed E-state index contributed by atoms with van der Waals surface area (Å²) in [5, 5.41) is 5.35. The van der Waals surface area contributed by atoms with E-state index in [-0.39, 0.29) is 11.8 Å². The molecule has 0 saturated heterocycles. The van der Waals surface area contributed by atoms with Gasteiger partial charge in [-0.05, 0) is 42.7 Å². The lowest BCUT2D eigenvalue weighted by atomic mass is 10.0. The van der Waals surface area contributed by atoms with Crippen LogP contribution >= 0.6 is 11.3 Å². The number of rotatable bonds is 5. The molecule has 2 aromatic carbocycles. The monoisotopic (exact) mass is 374 g/mol. The maximum atomic E-state index is 12.6. The lowest BCUT2D eigenvalue weighted by Crippen LogP contribution is -2.26. The molecular formula is C23H22N2OS. The van der Waals surface area contributed by atoms with Crippen molar-refractivity contribution in [1.29, 1.82) is 0 Å². The highest BCUT2D eigenvalue weighted by molar-refractivity contribution is 7.16. The van der Waals surface area contributed by atoms with E-state index in [1.165, 1.54) is 33.5 Å². The van der Waals surface area contributed by atoms with E-state index in [2.05, 4.69) is 54.1 Å². The van der Waals surface area contributed by atoms with Gasteiger partial charge in [0.05, 0.1) is 10.4 Å². The van der Waals surface area contributed by atoms with Crippen molar-refractivity contribution in [3.05, 3.63) is 88.9 Å². The molecule has 0 radical (unpaired) electrons. The van der Waals surface area contributed by atoms with Crippen LogP contribution in [0.1, 0.15) is 33.8 Å². The third kappa shape index (κ3) is 3.53. The number of carbonyl (C=O) groups is 1. The summed E-state index contributed by atoms with van der Waals surface area (Å²) in [6.45, 7) is 4.85. The van der Waals surface area contributed by atoms with Crippen molar-refractivity contribution < 1.29 is 4.79 Å². The molecule has 0 unspecified atom stereocenters. The summed E-state index contributed by atoms with van der Waals surface area (Å²) >= 11 is 1.53. The highest BCUT2D eigenvalue weighted by Crippen LogP contribution is 2.28. The third-order valence-corrected chi connectivity index (χ3v) is 5.94. The quantitative estimate of drug-likeness (QED) is 0.489. The molecular weight excluding hydrogens is 352 g/mol. The van der Waals surface area contributed by atoms with Crippen molar-refractivity contribution >= 4 is 28.1 Å². The minimum absolute atomic E-state index is 0.0110. The van der Waals surface area contributed by atoms with Crippen LogP contribution in [0, 0.1) is 6.92 Å². The Morgan fingerprint density at radius 1 is 1.04 bits per heavy atom. The van der Waals surface area contributed by atoms with Crippen LogP contribution in [0.3, 0.4) is 0 Å². The molecule has 0 spiro atoms. The average molecular weight is 375 g/mol. The Labute approximate surface area is 163 Å². The Balaban J connectivity index is 1.50. The minimum Gasteiger partial charge on any atom is -0.351 e. The second kappa shape index (κ2) is 7.41. The molecule has 0 aliphatic heterocycles. The third-order valence-electron chi connectivity index (χ3n) is 4.87. The van der Waals surface area contributed by atoms with Gasteiger partial charge >= 0.3 is 0 Å². The summed E-state index contributed by atoms with van der Waals surface area (Å²) in [4.78, 5) is 13.3. The lowest BCUT2D eigenvalue weighted by Gasteiger charge is -2.12. The molecule has 0 aliphatic rings. The summed E-state index contributed by atoms with van der Waals surface area (Å²) < 4.78 is 2.21. The highest BCUT2D eigenvalue weighted by Gasteiger charge is 2.14. The molecule has 1 atom stereocenters. The Bertz CT molecular complexity index is 1080. The van der Waals surface area contributed by atoms with Gasteiger partial charge in [0, 0.05) is 17.6 Å². The smallest absolute Gasteiger partial charge is 0.261 e. The number of thiophene rings is 1. The summed E-state index contributed by atoms with van der Waals surface area (Å²) in [5.74, 6) is 0.272. The molecule has 0 saturated carbocycles. The predicted octanol–water partition coefficient (Wildman–Crippen LogP) is 5.53. The first kappa shape index (κ1) is 17.6. The van der Waals surface area contributed by atoms with E-state index in [0.717, 1.165) is 9.88 Å². The first-order chi connectivity index (χ1) is 13.1. The topological polar surface area (TPSA) is 34.0 Å². The standard InChI is InChI=1S/C23H22N2OS/c1-16(18-8-4-3-5-9-18)15-24-23(26)21-12-13-22(27-21)25-17(2)14-19-10-6-7-11-20(19)25/h3-14,16H,15H2,1-2H3,(H,24,26)/t16-/m1/s1. The zero-order chi connectivity index (χ0) is 18.8. The van der Waals surface area contributed by atoms with Gasteiger partial charge in [-0.2, -0.15) is 0 Å². The summed E-state index contributed by atoms with van der Waals surface area (Å²) in [7, 11) is 0. The number of hydrogen-bond donors (Lipinski definition) is 1. The SMILES string of the molecule is Cc1cc2ccccc2n1-c1ccc(C(=O)NC[C@@H](C)c2ccccc2)s1. The van der Waals surface area contributed by atoms with Crippen molar-refractivity contribution in [2.45, 2.75) is 19.8 Å². The number of aryl methyl sites for hydroxylation is 1. The summed E-state index contributed by atoms with van der Waals surface area (Å²) in [6, 6.07) is 24.7. The molecule has 1 N–H and O–H groups in total. The Morgan fingerprint density at radius 3 is 2.59 bits per heavy atom. The molecule has 1 amide bonds. The van der Waals surface area contributed by atoms with Gasteiger partial charge in [0.2, 0.25) is 0 Å². The van der Waals surface area contributed by atoms with Crippen LogP contribution in [-0.2, 0) is 0 Å². The van der Waals surface area contributed by atoms with Crippen LogP contribution < -0.4 is 5.32 Å². The van der Waals surface area contributed by atoms with E-state index < -0.39 is 0 Å². The first-order valence-corrected chi connectivity index (χ1v) is 9.95. The number of benzene rings is 2. The van der Waals surface area contributed by atoms with Gasteiger partial charge < -0.3 is 9.88 Å². The molecule has 4 heteroatoms. The predicted molar refractivity (Wildman–Crippen MR) is 113 cm³/mol. The van der Waals surface area contributed by atoms with Crippen LogP contribution in [0.25, 0.3) is 15.9 Å². The van der Waals surface area contributed by atoms with E-state index in [0.29, 0.717) is 6.54 Å². The van der Waals surface area contributed by atoms with Crippen LogP contribution in [0.2, 0.25) is 0 Å². The van der Waals surface area contributed by atoms with E-state index in [9.17, 15) is 4.79 Å². The number of fused-ring (bicyclic) bond motifs is 1. The molecule has 0 fully saturated rings. The highest BCUT2D eigenvalue weighted by atomic mass is 32.1. The fourth-order valence-electron chi connectivity index (χ4n) is 3.39. The van der Waals surface area contributed by atoms with Crippen molar-refractivity contribution in [2.75, 3.05) is 6.54 Å². The largest absolute Gasteiger partial charge is 0.351 e. The fraction of sp³-hybridized carbons (Fsp3) is 0.174. The Morgan fingerprint density at radius 2 is 1.78 bits per heavy atom. The lowest BCUT2D eigenvalue weighted by molar-refractivity contribution is 0.0955. The normalized spacial score (nSPS) is 12.2. The van der Waals surface area contributed by atoms with Crippen molar-refractivity contribution in [3.8, 4) is 5.00 Å². The van der Waals surface area contributed by atoms with Gasteiger partial charge in [-0.1, -0.05) is 55.5 Å². The number of para-hydroxylation sites is 1. The molecule has 2 heterocycles. The van der Waals surface area contributed by atoms with Gasteiger partial charge in [-0.15, -0.1) is 11.3 Å². The summed E-state index contributed by atoms with van der Waals surface area (Å²) in [5.41, 5.74) is 3.57. The van der Waals surface area contributed by atoms with Crippen LogP contribution in [0.4, 0.5) is 0 Å². The number of nitrogens with zero attached hydrogens (tertiary/aromatic N) is 1. The molecule has 0 aliphatic carbocycles. The van der Waals surface area contributed by atoms with Crippen molar-refractivity contribution in [3.63, 3.8) is 0 Å². The van der Waals surface area contributed by atoms with Gasteiger partial charge in [0.1, 0.15) is 5.00 Å². The van der Waals surface area contributed by atoms with Crippen molar-refractivity contribution in [1.82, 2.24) is 9.88 Å². The van der Waals surface area contributed by atoms with E-state index in [1.54, 1.807) is 0 Å². The maximum absolute atomic E-state index is 12.6. The van der Waals surface area contributed by atoms with Gasteiger partial charge in [-0.25, -0.2) is 0 Å². The Kier molecular flexibility index (Phi) is 4.82. The molecule has 27 heavy (non-hydrogen) atoms. The number of nitrogens with one attached hydrogen (secondary N) is 1. The van der Waals surface area contributed by atoms with Crippen molar-refractivity contribution in [2.24, 2.45) is 0 Å². The van der Waals surface area contributed by atoms with E-state index in [1.807, 2.05) is 42.5 Å². The molecule has 2 aromatic heterocycles. The second-order valence-electron chi connectivity index (χ2n) is 6.84. The molecule has 0 bridgehead atoms. The van der Waals surface area contributed by atoms with Gasteiger partial charge in [-0.3, -0.25) is 4.79 Å².